The number of rotatable bonds is 11. The van der Waals surface area contributed by atoms with E-state index in [-0.39, 0.29) is 23.5 Å². The number of ether oxygens (including phenoxy) is 1. The fourth-order valence-corrected chi connectivity index (χ4v) is 5.34. The molecule has 0 saturated carbocycles. The third kappa shape index (κ3) is 6.45. The normalized spacial score (nSPS) is 11.9. The van der Waals surface area contributed by atoms with Gasteiger partial charge < -0.3 is 15.0 Å². The highest BCUT2D eigenvalue weighted by molar-refractivity contribution is 7.92. The number of hydrogen-bond acceptors (Lipinski definition) is 5. The Morgan fingerprint density at radius 2 is 1.59 bits per heavy atom. The van der Waals surface area contributed by atoms with Crippen LogP contribution in [-0.2, 0) is 26.2 Å². The maximum atomic E-state index is 14.9. The minimum Gasteiger partial charge on any atom is -0.497 e. The number of methoxy groups -OCH3 is 1. The van der Waals surface area contributed by atoms with Gasteiger partial charge in [-0.2, -0.15) is 0 Å². The van der Waals surface area contributed by atoms with Gasteiger partial charge in [0.1, 0.15) is 24.2 Å². The molecule has 0 aliphatic rings. The number of carbonyl (C=O) groups is 2. The molecule has 8 nitrogen and oxygen atoms in total. The molecular formula is C27H30FN3O5S. The van der Waals surface area contributed by atoms with E-state index in [1.807, 2.05) is 0 Å². The molecule has 0 aliphatic carbocycles. The fraction of sp³-hybridized carbons (Fsp3) is 0.259. The Labute approximate surface area is 216 Å². The van der Waals surface area contributed by atoms with Crippen molar-refractivity contribution < 1.29 is 27.1 Å². The molecule has 196 valence electrons. The van der Waals surface area contributed by atoms with Gasteiger partial charge >= 0.3 is 0 Å². The van der Waals surface area contributed by atoms with Crippen molar-refractivity contribution in [1.82, 2.24) is 10.2 Å². The zero-order chi connectivity index (χ0) is 27.0. The van der Waals surface area contributed by atoms with E-state index >= 15 is 0 Å². The molecule has 0 fully saturated rings. The van der Waals surface area contributed by atoms with E-state index in [1.54, 1.807) is 49.4 Å². The first-order valence-electron chi connectivity index (χ1n) is 11.7. The van der Waals surface area contributed by atoms with E-state index in [1.165, 1.54) is 49.4 Å². The highest BCUT2D eigenvalue weighted by Crippen LogP contribution is 2.27. The van der Waals surface area contributed by atoms with Gasteiger partial charge in [-0.05, 0) is 48.4 Å². The molecule has 0 unspecified atom stereocenters. The average molecular weight is 528 g/mol. The van der Waals surface area contributed by atoms with Crippen LogP contribution in [0.4, 0.5) is 10.1 Å². The van der Waals surface area contributed by atoms with Gasteiger partial charge in [0.25, 0.3) is 10.0 Å². The number of nitrogens with zero attached hydrogens (tertiary/aromatic N) is 2. The van der Waals surface area contributed by atoms with Crippen molar-refractivity contribution in [2.45, 2.75) is 30.8 Å². The molecule has 1 atom stereocenters. The number of para-hydroxylation sites is 1. The summed E-state index contributed by atoms with van der Waals surface area (Å²) in [6, 6.07) is 18.9. The fourth-order valence-electron chi connectivity index (χ4n) is 3.90. The molecule has 37 heavy (non-hydrogen) atoms. The third-order valence-corrected chi connectivity index (χ3v) is 7.65. The molecule has 0 radical (unpaired) electrons. The Bertz CT molecular complexity index is 1320. The standard InChI is InChI=1S/C27H30FN3O5S/c1-4-24(27(33)29-2)30(18-20-14-16-21(36-3)17-15-20)26(32)19-31(25-13-9-8-12-23(25)28)37(34,35)22-10-6-5-7-11-22/h5-17,24H,4,18-19H2,1-3H3,(H,29,33)/t24-/m1/s1. The second kappa shape index (κ2) is 12.4. The van der Waals surface area contributed by atoms with Crippen molar-refractivity contribution in [3.63, 3.8) is 0 Å². The highest BCUT2D eigenvalue weighted by atomic mass is 32.2. The number of likely N-dealkylation sites (N-methyl/N-ethyl adjacent to an activating group) is 1. The summed E-state index contributed by atoms with van der Waals surface area (Å²) in [5.74, 6) is -1.23. The second-order valence-corrected chi connectivity index (χ2v) is 10.0. The van der Waals surface area contributed by atoms with E-state index in [0.29, 0.717) is 11.3 Å². The molecule has 3 aromatic rings. The van der Waals surface area contributed by atoms with Crippen molar-refractivity contribution in [1.29, 1.82) is 0 Å². The molecule has 1 N–H and O–H groups in total. The van der Waals surface area contributed by atoms with E-state index in [4.69, 9.17) is 4.74 Å². The van der Waals surface area contributed by atoms with Crippen molar-refractivity contribution >= 4 is 27.5 Å². The van der Waals surface area contributed by atoms with Crippen LogP contribution in [-0.4, -0.2) is 51.9 Å². The molecule has 0 heterocycles. The van der Waals surface area contributed by atoms with Crippen LogP contribution in [0.3, 0.4) is 0 Å². The first-order chi connectivity index (χ1) is 17.7. The molecule has 3 aromatic carbocycles. The predicted molar refractivity (Wildman–Crippen MR) is 139 cm³/mol. The highest BCUT2D eigenvalue weighted by Gasteiger charge is 2.34. The monoisotopic (exact) mass is 527 g/mol. The van der Waals surface area contributed by atoms with Crippen LogP contribution in [0.5, 0.6) is 5.75 Å². The Balaban J connectivity index is 2.05. The van der Waals surface area contributed by atoms with Crippen LogP contribution >= 0.6 is 0 Å². The maximum Gasteiger partial charge on any atom is 0.264 e. The number of anilines is 1. The van der Waals surface area contributed by atoms with Gasteiger partial charge in [-0.1, -0.05) is 49.4 Å². The van der Waals surface area contributed by atoms with Crippen molar-refractivity contribution in [2.24, 2.45) is 0 Å². The van der Waals surface area contributed by atoms with Crippen LogP contribution < -0.4 is 14.4 Å². The second-order valence-electron chi connectivity index (χ2n) is 8.18. The van der Waals surface area contributed by atoms with Gasteiger partial charge in [-0.3, -0.25) is 13.9 Å². The number of hydrogen-bond donors (Lipinski definition) is 1. The van der Waals surface area contributed by atoms with Crippen LogP contribution in [0.2, 0.25) is 0 Å². The van der Waals surface area contributed by atoms with Crippen LogP contribution in [0.15, 0.2) is 83.8 Å². The van der Waals surface area contributed by atoms with Gasteiger partial charge in [0.2, 0.25) is 11.8 Å². The largest absolute Gasteiger partial charge is 0.497 e. The summed E-state index contributed by atoms with van der Waals surface area (Å²) in [4.78, 5) is 27.7. The molecule has 0 saturated heterocycles. The zero-order valence-electron chi connectivity index (χ0n) is 20.9. The Morgan fingerprint density at radius 1 is 0.973 bits per heavy atom. The van der Waals surface area contributed by atoms with E-state index in [0.717, 1.165) is 10.4 Å². The molecule has 3 rings (SSSR count). The lowest BCUT2D eigenvalue weighted by Crippen LogP contribution is -2.51. The summed E-state index contributed by atoms with van der Waals surface area (Å²) in [5.41, 5.74) is 0.442. The molecule has 0 aromatic heterocycles. The predicted octanol–water partition coefficient (Wildman–Crippen LogP) is 3.58. The molecular weight excluding hydrogens is 497 g/mol. The molecule has 2 amide bonds. The van der Waals surface area contributed by atoms with Crippen molar-refractivity contribution in [3.8, 4) is 5.75 Å². The van der Waals surface area contributed by atoms with E-state index < -0.39 is 40.2 Å². The summed E-state index contributed by atoms with van der Waals surface area (Å²) in [5, 5.41) is 2.56. The van der Waals surface area contributed by atoms with E-state index in [9.17, 15) is 22.4 Å². The quantitative estimate of drug-likeness (QED) is 0.411. The Morgan fingerprint density at radius 3 is 2.16 bits per heavy atom. The number of sulfonamides is 1. The topological polar surface area (TPSA) is 96.0 Å². The first-order valence-corrected chi connectivity index (χ1v) is 13.1. The van der Waals surface area contributed by atoms with Crippen LogP contribution in [0.25, 0.3) is 0 Å². The maximum absolute atomic E-state index is 14.9. The minimum absolute atomic E-state index is 0.0330. The zero-order valence-corrected chi connectivity index (χ0v) is 21.7. The van der Waals surface area contributed by atoms with Crippen molar-refractivity contribution in [3.05, 3.63) is 90.2 Å². The SMILES string of the molecule is CC[C@H](C(=O)NC)N(Cc1ccc(OC)cc1)C(=O)CN(c1ccccc1F)S(=O)(=O)c1ccccc1. The van der Waals surface area contributed by atoms with Gasteiger partial charge in [-0.15, -0.1) is 0 Å². The first kappa shape index (κ1) is 27.7. The van der Waals surface area contributed by atoms with Crippen molar-refractivity contribution in [2.75, 3.05) is 25.0 Å². The van der Waals surface area contributed by atoms with E-state index in [2.05, 4.69) is 5.32 Å². The number of halogens is 1. The molecule has 0 spiro atoms. The van der Waals surface area contributed by atoms with Crippen LogP contribution in [0.1, 0.15) is 18.9 Å². The Hall–Kier alpha value is -3.92. The summed E-state index contributed by atoms with van der Waals surface area (Å²) in [6.07, 6.45) is 0.284. The lowest BCUT2D eigenvalue weighted by atomic mass is 10.1. The summed E-state index contributed by atoms with van der Waals surface area (Å²) >= 11 is 0. The smallest absolute Gasteiger partial charge is 0.264 e. The van der Waals surface area contributed by atoms with Gasteiger partial charge in [0, 0.05) is 13.6 Å². The van der Waals surface area contributed by atoms with Gasteiger partial charge in [0.15, 0.2) is 0 Å². The molecule has 10 heteroatoms. The number of nitrogens with one attached hydrogen (secondary N) is 1. The molecule has 0 aliphatic heterocycles. The number of amides is 2. The van der Waals surface area contributed by atoms with Gasteiger partial charge in [-0.25, -0.2) is 12.8 Å². The lowest BCUT2D eigenvalue weighted by molar-refractivity contribution is -0.140. The summed E-state index contributed by atoms with van der Waals surface area (Å²) < 4.78 is 48.0. The number of carbonyl (C=O) groups excluding carboxylic acids is 2. The lowest BCUT2D eigenvalue weighted by Gasteiger charge is -2.33. The van der Waals surface area contributed by atoms with Crippen LogP contribution in [0, 0.1) is 5.82 Å². The summed E-state index contributed by atoms with van der Waals surface area (Å²) in [6.45, 7) is 1.08. The minimum atomic E-state index is -4.32. The molecule has 0 bridgehead atoms. The average Bonchev–Trinajstić information content (AvgIpc) is 2.92. The van der Waals surface area contributed by atoms with Gasteiger partial charge in [0.05, 0.1) is 17.7 Å². The number of benzene rings is 3. The third-order valence-electron chi connectivity index (χ3n) is 5.88. The summed E-state index contributed by atoms with van der Waals surface area (Å²) in [7, 11) is -1.32. The Kier molecular flexibility index (Phi) is 9.24.